The van der Waals surface area contributed by atoms with Crippen LogP contribution in [-0.4, -0.2) is 85.5 Å². The number of benzene rings is 2. The summed E-state index contributed by atoms with van der Waals surface area (Å²) in [6, 6.07) is 15.3. The molecule has 0 saturated carbocycles. The summed E-state index contributed by atoms with van der Waals surface area (Å²) in [5.74, 6) is -1.84. The summed E-state index contributed by atoms with van der Waals surface area (Å²) in [5.41, 5.74) is 6.37. The van der Waals surface area contributed by atoms with Gasteiger partial charge in [-0.1, -0.05) is 88.4 Å². The first-order chi connectivity index (χ1) is 25.3. The molecule has 12 heteroatoms. The van der Waals surface area contributed by atoms with E-state index in [1.165, 1.54) is 0 Å². The van der Waals surface area contributed by atoms with Crippen LogP contribution in [0.15, 0.2) is 60.7 Å². The minimum Gasteiger partial charge on any atom is -0.380 e. The molecule has 12 nitrogen and oxygen atoms in total. The molecule has 2 aromatic carbocycles. The molecule has 53 heavy (non-hydrogen) atoms. The molecule has 0 aromatic heterocycles. The van der Waals surface area contributed by atoms with Crippen LogP contribution in [0.25, 0.3) is 0 Å². The lowest BCUT2D eigenvalue weighted by atomic mass is 9.93. The molecule has 3 rings (SSSR count). The molecular formula is C41H61N5O7. The van der Waals surface area contributed by atoms with Gasteiger partial charge >= 0.3 is 0 Å². The average molecular weight is 736 g/mol. The summed E-state index contributed by atoms with van der Waals surface area (Å²) in [4.78, 5) is 68.3. The Hall–Kier alpha value is -4.13. The summed E-state index contributed by atoms with van der Waals surface area (Å²) in [6.07, 6.45) is 3.23. The van der Waals surface area contributed by atoms with Crippen LogP contribution in [0.2, 0.25) is 0 Å². The Balaban J connectivity index is 1.78. The molecule has 4 amide bonds. The average Bonchev–Trinajstić information content (AvgIpc) is 3.88. The molecule has 6 N–H and O–H groups in total. The van der Waals surface area contributed by atoms with Crippen molar-refractivity contribution in [3.63, 3.8) is 0 Å². The number of nitrogens with two attached hydrogens (primary N) is 1. The number of epoxide rings is 1. The van der Waals surface area contributed by atoms with Crippen molar-refractivity contribution < 1.29 is 33.4 Å². The van der Waals surface area contributed by atoms with Crippen LogP contribution in [0.4, 0.5) is 0 Å². The van der Waals surface area contributed by atoms with Gasteiger partial charge in [0.1, 0.15) is 23.7 Å². The number of aryl methyl sites for hydroxylation is 1. The van der Waals surface area contributed by atoms with E-state index in [1.54, 1.807) is 6.92 Å². The van der Waals surface area contributed by atoms with E-state index in [0.717, 1.165) is 11.1 Å². The lowest BCUT2D eigenvalue weighted by Crippen LogP contribution is -2.59. The van der Waals surface area contributed by atoms with Gasteiger partial charge in [-0.2, -0.15) is 0 Å². The van der Waals surface area contributed by atoms with Crippen molar-refractivity contribution >= 4 is 29.4 Å². The van der Waals surface area contributed by atoms with Gasteiger partial charge in [0.25, 0.3) is 0 Å². The number of unbranched alkanes of at least 4 members (excludes halogenated alkanes) is 1. The van der Waals surface area contributed by atoms with E-state index in [2.05, 4.69) is 21.3 Å². The Labute approximate surface area is 315 Å². The summed E-state index contributed by atoms with van der Waals surface area (Å²) in [5, 5.41) is 11.6. The van der Waals surface area contributed by atoms with E-state index in [0.29, 0.717) is 64.9 Å². The molecular weight excluding hydrogens is 674 g/mol. The number of ketones is 1. The second kappa shape index (κ2) is 22.2. The zero-order valence-electron chi connectivity index (χ0n) is 32.2. The molecule has 1 aliphatic rings. The predicted octanol–water partition coefficient (Wildman–Crippen LogP) is 3.40. The highest BCUT2D eigenvalue weighted by Crippen LogP contribution is 2.29. The number of nitrogens with one attached hydrogen (secondary N) is 4. The molecule has 5 atom stereocenters. The quantitative estimate of drug-likeness (QED) is 0.0760. The highest BCUT2D eigenvalue weighted by atomic mass is 16.6. The number of Topliss-reactive ketones (excluding diaryl/α,β-unsaturated/α-hetero) is 1. The summed E-state index contributed by atoms with van der Waals surface area (Å²) in [7, 11) is 0. The SMILES string of the molecule is CC(C)CC(NC(=O)[C@H](Cc1ccccc1)NC(=O)[C@H](CC(C)C)NC(=O)[C@H](CCc1ccccc1)NC(=O)CCCCOCCN)C(=O)[C@@]1(C)CO1. The number of amides is 4. The van der Waals surface area contributed by atoms with E-state index in [-0.39, 0.29) is 36.4 Å². The van der Waals surface area contributed by atoms with Gasteiger partial charge in [0.05, 0.1) is 19.3 Å². The predicted molar refractivity (Wildman–Crippen MR) is 205 cm³/mol. The third kappa shape index (κ3) is 15.8. The molecule has 1 unspecified atom stereocenters. The number of ether oxygens (including phenoxy) is 2. The van der Waals surface area contributed by atoms with Crippen LogP contribution in [0.1, 0.15) is 84.3 Å². The Kier molecular flexibility index (Phi) is 18.1. The second-order valence-corrected chi connectivity index (χ2v) is 15.0. The number of rotatable bonds is 25. The zero-order valence-corrected chi connectivity index (χ0v) is 32.2. The molecule has 1 fully saturated rings. The molecule has 0 radical (unpaired) electrons. The fourth-order valence-corrected chi connectivity index (χ4v) is 6.07. The molecule has 2 aromatic rings. The van der Waals surface area contributed by atoms with Crippen LogP contribution in [-0.2, 0) is 46.3 Å². The normalized spacial score (nSPS) is 17.4. The second-order valence-electron chi connectivity index (χ2n) is 15.0. The molecule has 1 heterocycles. The van der Waals surface area contributed by atoms with Crippen LogP contribution in [0.5, 0.6) is 0 Å². The number of carbonyl (C=O) groups excluding carboxylic acids is 5. The smallest absolute Gasteiger partial charge is 0.243 e. The summed E-state index contributed by atoms with van der Waals surface area (Å²) in [6.45, 7) is 11.2. The van der Waals surface area contributed by atoms with Crippen molar-refractivity contribution in [1.82, 2.24) is 21.3 Å². The number of hydrogen-bond donors (Lipinski definition) is 5. The largest absolute Gasteiger partial charge is 0.380 e. The number of hydrogen-bond acceptors (Lipinski definition) is 8. The fourth-order valence-electron chi connectivity index (χ4n) is 6.07. The first-order valence-corrected chi connectivity index (χ1v) is 19.1. The lowest BCUT2D eigenvalue weighted by molar-refractivity contribution is -0.135. The zero-order chi connectivity index (χ0) is 38.8. The molecule has 0 spiro atoms. The van der Waals surface area contributed by atoms with E-state index in [1.807, 2.05) is 88.4 Å². The fraction of sp³-hybridized carbons (Fsp3) is 0.585. The van der Waals surface area contributed by atoms with Gasteiger partial charge in [-0.25, -0.2) is 0 Å². The van der Waals surface area contributed by atoms with E-state index in [9.17, 15) is 24.0 Å². The van der Waals surface area contributed by atoms with E-state index >= 15 is 0 Å². The van der Waals surface area contributed by atoms with Crippen LogP contribution in [0.3, 0.4) is 0 Å². The Bertz CT molecular complexity index is 1450. The first-order valence-electron chi connectivity index (χ1n) is 19.1. The molecule has 0 aliphatic carbocycles. The van der Waals surface area contributed by atoms with Gasteiger partial charge in [-0.15, -0.1) is 0 Å². The van der Waals surface area contributed by atoms with Crippen molar-refractivity contribution in [2.24, 2.45) is 17.6 Å². The Morgan fingerprint density at radius 3 is 1.83 bits per heavy atom. The highest BCUT2D eigenvalue weighted by Gasteiger charge is 2.50. The van der Waals surface area contributed by atoms with E-state index in [4.69, 9.17) is 15.2 Å². The maximum atomic E-state index is 14.1. The number of carbonyl (C=O) groups is 5. The Morgan fingerprint density at radius 2 is 1.25 bits per heavy atom. The van der Waals surface area contributed by atoms with Crippen molar-refractivity contribution in [2.45, 2.75) is 116 Å². The minimum atomic E-state index is -1.03. The van der Waals surface area contributed by atoms with Gasteiger partial charge < -0.3 is 36.5 Å². The topological polar surface area (TPSA) is 181 Å². The van der Waals surface area contributed by atoms with Gasteiger partial charge in [0.2, 0.25) is 23.6 Å². The monoisotopic (exact) mass is 735 g/mol. The van der Waals surface area contributed by atoms with Crippen molar-refractivity contribution in [1.29, 1.82) is 0 Å². The van der Waals surface area contributed by atoms with Gasteiger partial charge in [0, 0.05) is 26.0 Å². The third-order valence-electron chi connectivity index (χ3n) is 9.12. The molecule has 1 aliphatic heterocycles. The molecule has 1 saturated heterocycles. The summed E-state index contributed by atoms with van der Waals surface area (Å²) >= 11 is 0. The van der Waals surface area contributed by atoms with E-state index < -0.39 is 47.5 Å². The molecule has 0 bridgehead atoms. The van der Waals surface area contributed by atoms with Crippen LogP contribution < -0.4 is 27.0 Å². The van der Waals surface area contributed by atoms with Gasteiger partial charge in [0.15, 0.2) is 5.78 Å². The maximum Gasteiger partial charge on any atom is 0.243 e. The third-order valence-corrected chi connectivity index (χ3v) is 9.12. The van der Waals surface area contributed by atoms with Gasteiger partial charge in [-0.3, -0.25) is 24.0 Å². The standard InChI is InChI=1S/C41H61N5O7/c1-28(2)24-33(37(48)41(5)27-53-41)44-40(51)35(26-31-16-10-7-11-17-31)46-39(50)34(25-29(3)4)45-38(49)32(20-19-30-14-8-6-9-15-30)43-36(47)18-12-13-22-52-23-21-42/h6-11,14-17,28-29,32-35H,12-13,18-27,42H2,1-5H3,(H,43,47)(H,44,51)(H,45,49)(H,46,50)/t32-,33?,34-,35-,41+/m0/s1. The lowest BCUT2D eigenvalue weighted by Gasteiger charge is -2.28. The van der Waals surface area contributed by atoms with Crippen molar-refractivity contribution in [2.75, 3.05) is 26.4 Å². The maximum absolute atomic E-state index is 14.1. The van der Waals surface area contributed by atoms with Crippen LogP contribution in [0, 0.1) is 11.8 Å². The van der Waals surface area contributed by atoms with Crippen molar-refractivity contribution in [3.8, 4) is 0 Å². The highest BCUT2D eigenvalue weighted by molar-refractivity contribution is 5.98. The first kappa shape index (κ1) is 43.3. The van der Waals surface area contributed by atoms with Crippen LogP contribution >= 0.6 is 0 Å². The Morgan fingerprint density at radius 1 is 0.717 bits per heavy atom. The van der Waals surface area contributed by atoms with Gasteiger partial charge in [-0.05, 0) is 68.4 Å². The summed E-state index contributed by atoms with van der Waals surface area (Å²) < 4.78 is 10.8. The molecule has 292 valence electrons. The minimum absolute atomic E-state index is 0.0126. The van der Waals surface area contributed by atoms with Crippen molar-refractivity contribution in [3.05, 3.63) is 71.8 Å².